The second-order valence-electron chi connectivity index (χ2n) is 4.20. The SMILES string of the molecule is COC(=O)CNc1cnccc1-c1ccc(F)cc1OC. The maximum Gasteiger partial charge on any atom is 0.325 e. The summed E-state index contributed by atoms with van der Waals surface area (Å²) in [6.45, 7) is 0.0126. The highest BCUT2D eigenvalue weighted by Gasteiger charge is 2.12. The van der Waals surface area contributed by atoms with Crippen LogP contribution in [0.1, 0.15) is 0 Å². The number of hydrogen-bond donors (Lipinski definition) is 1. The summed E-state index contributed by atoms with van der Waals surface area (Å²) in [5.74, 6) is -0.369. The third-order valence-electron chi connectivity index (χ3n) is 2.93. The van der Waals surface area contributed by atoms with Gasteiger partial charge in [-0.3, -0.25) is 9.78 Å². The summed E-state index contributed by atoms with van der Waals surface area (Å²) in [6, 6.07) is 6.03. The lowest BCUT2D eigenvalue weighted by atomic mass is 10.0. The fourth-order valence-corrected chi connectivity index (χ4v) is 1.90. The molecule has 0 spiro atoms. The molecule has 0 fully saturated rings. The van der Waals surface area contributed by atoms with Gasteiger partial charge in [-0.2, -0.15) is 0 Å². The topological polar surface area (TPSA) is 60.5 Å². The molecule has 0 aliphatic carbocycles. The molecule has 5 nitrogen and oxygen atoms in total. The van der Waals surface area contributed by atoms with Gasteiger partial charge in [0.1, 0.15) is 18.1 Å². The van der Waals surface area contributed by atoms with Gasteiger partial charge in [-0.05, 0) is 18.2 Å². The van der Waals surface area contributed by atoms with Gasteiger partial charge in [-0.25, -0.2) is 4.39 Å². The van der Waals surface area contributed by atoms with Crippen LogP contribution in [0.3, 0.4) is 0 Å². The van der Waals surface area contributed by atoms with Crippen molar-refractivity contribution < 1.29 is 18.7 Å². The van der Waals surface area contributed by atoms with Gasteiger partial charge in [-0.1, -0.05) is 0 Å². The minimum atomic E-state index is -0.393. The van der Waals surface area contributed by atoms with Crippen molar-refractivity contribution in [1.82, 2.24) is 4.98 Å². The Labute approximate surface area is 121 Å². The molecule has 110 valence electrons. The van der Waals surface area contributed by atoms with Crippen LogP contribution in [0.2, 0.25) is 0 Å². The van der Waals surface area contributed by atoms with Crippen molar-refractivity contribution in [3.63, 3.8) is 0 Å². The van der Waals surface area contributed by atoms with E-state index >= 15 is 0 Å². The quantitative estimate of drug-likeness (QED) is 0.857. The predicted octanol–water partition coefficient (Wildman–Crippen LogP) is 2.48. The van der Waals surface area contributed by atoms with E-state index in [1.54, 1.807) is 24.5 Å². The minimum absolute atomic E-state index is 0.0126. The fourth-order valence-electron chi connectivity index (χ4n) is 1.90. The maximum absolute atomic E-state index is 13.3. The van der Waals surface area contributed by atoms with E-state index in [9.17, 15) is 9.18 Å². The molecule has 1 aromatic carbocycles. The van der Waals surface area contributed by atoms with Crippen LogP contribution in [0.15, 0.2) is 36.7 Å². The van der Waals surface area contributed by atoms with Crippen molar-refractivity contribution in [2.45, 2.75) is 0 Å². The molecular formula is C15H15FN2O3. The Bertz CT molecular complexity index is 647. The Kier molecular flexibility index (Phi) is 4.71. The number of rotatable bonds is 5. The molecule has 0 atom stereocenters. The highest BCUT2D eigenvalue weighted by Crippen LogP contribution is 2.34. The number of halogens is 1. The van der Waals surface area contributed by atoms with Crippen LogP contribution in [0.25, 0.3) is 11.1 Å². The standard InChI is InChI=1S/C15H15FN2O3/c1-20-14-7-10(16)3-4-12(14)11-5-6-17-8-13(11)18-9-15(19)21-2/h3-8,18H,9H2,1-2H3. The Balaban J connectivity index is 2.38. The first-order chi connectivity index (χ1) is 10.2. The third kappa shape index (κ3) is 3.47. The molecule has 0 radical (unpaired) electrons. The molecule has 0 amide bonds. The van der Waals surface area contributed by atoms with Crippen LogP contribution in [0.4, 0.5) is 10.1 Å². The van der Waals surface area contributed by atoms with Gasteiger partial charge in [0, 0.05) is 23.4 Å². The number of aromatic nitrogens is 1. The summed E-state index contributed by atoms with van der Waals surface area (Å²) in [6.07, 6.45) is 3.20. The Morgan fingerprint density at radius 1 is 1.29 bits per heavy atom. The van der Waals surface area contributed by atoms with E-state index in [0.717, 1.165) is 5.56 Å². The second kappa shape index (κ2) is 6.69. The van der Waals surface area contributed by atoms with Gasteiger partial charge < -0.3 is 14.8 Å². The smallest absolute Gasteiger partial charge is 0.325 e. The van der Waals surface area contributed by atoms with Crippen molar-refractivity contribution >= 4 is 11.7 Å². The molecule has 0 saturated heterocycles. The highest BCUT2D eigenvalue weighted by molar-refractivity contribution is 5.83. The number of nitrogens with one attached hydrogen (secondary N) is 1. The summed E-state index contributed by atoms with van der Waals surface area (Å²) in [7, 11) is 2.79. The number of methoxy groups -OCH3 is 2. The minimum Gasteiger partial charge on any atom is -0.496 e. The van der Waals surface area contributed by atoms with Crippen molar-refractivity contribution in [3.8, 4) is 16.9 Å². The third-order valence-corrected chi connectivity index (χ3v) is 2.93. The molecule has 2 rings (SSSR count). The van der Waals surface area contributed by atoms with Crippen molar-refractivity contribution in [2.24, 2.45) is 0 Å². The largest absolute Gasteiger partial charge is 0.496 e. The lowest BCUT2D eigenvalue weighted by Gasteiger charge is -2.13. The van der Waals surface area contributed by atoms with Gasteiger partial charge in [-0.15, -0.1) is 0 Å². The molecular weight excluding hydrogens is 275 g/mol. The number of nitrogens with zero attached hydrogens (tertiary/aromatic N) is 1. The number of ether oxygens (including phenoxy) is 2. The van der Waals surface area contributed by atoms with Gasteiger partial charge in [0.25, 0.3) is 0 Å². The number of hydrogen-bond acceptors (Lipinski definition) is 5. The average Bonchev–Trinajstić information content (AvgIpc) is 2.52. The van der Waals surface area contributed by atoms with Gasteiger partial charge >= 0.3 is 5.97 Å². The lowest BCUT2D eigenvalue weighted by Crippen LogP contribution is -2.15. The highest BCUT2D eigenvalue weighted by atomic mass is 19.1. The zero-order valence-corrected chi connectivity index (χ0v) is 11.7. The molecule has 0 unspecified atom stereocenters. The maximum atomic E-state index is 13.3. The molecule has 1 heterocycles. The van der Waals surface area contributed by atoms with Crippen LogP contribution in [0.5, 0.6) is 5.75 Å². The molecule has 6 heteroatoms. The monoisotopic (exact) mass is 290 g/mol. The molecule has 1 N–H and O–H groups in total. The van der Waals surface area contributed by atoms with E-state index in [-0.39, 0.29) is 12.4 Å². The zero-order chi connectivity index (χ0) is 15.2. The summed E-state index contributed by atoms with van der Waals surface area (Å²) < 4.78 is 23.1. The normalized spacial score (nSPS) is 10.0. The molecule has 0 saturated carbocycles. The van der Waals surface area contributed by atoms with Crippen LogP contribution in [-0.2, 0) is 9.53 Å². The van der Waals surface area contributed by atoms with Crippen LogP contribution in [0, 0.1) is 5.82 Å². The van der Waals surface area contributed by atoms with E-state index < -0.39 is 5.97 Å². The predicted molar refractivity (Wildman–Crippen MR) is 76.7 cm³/mol. The fraction of sp³-hybridized carbons (Fsp3) is 0.200. The van der Waals surface area contributed by atoms with Crippen molar-refractivity contribution in [1.29, 1.82) is 0 Å². The Hall–Kier alpha value is -2.63. The van der Waals surface area contributed by atoms with Crippen LogP contribution in [-0.4, -0.2) is 31.7 Å². The first kappa shape index (κ1) is 14.8. The van der Waals surface area contributed by atoms with Crippen molar-refractivity contribution in [2.75, 3.05) is 26.1 Å². The van der Waals surface area contributed by atoms with Gasteiger partial charge in [0.2, 0.25) is 0 Å². The number of pyridine rings is 1. The van der Waals surface area contributed by atoms with Crippen LogP contribution >= 0.6 is 0 Å². The molecule has 21 heavy (non-hydrogen) atoms. The van der Waals surface area contributed by atoms with Gasteiger partial charge in [0.05, 0.1) is 26.1 Å². The molecule has 0 aliphatic rings. The summed E-state index contributed by atoms with van der Waals surface area (Å²) >= 11 is 0. The molecule has 1 aromatic heterocycles. The van der Waals surface area contributed by atoms with E-state index in [1.165, 1.54) is 26.4 Å². The summed E-state index contributed by atoms with van der Waals surface area (Å²) in [4.78, 5) is 15.2. The number of benzene rings is 1. The lowest BCUT2D eigenvalue weighted by molar-refractivity contribution is -0.138. The van der Waals surface area contributed by atoms with Crippen molar-refractivity contribution in [3.05, 3.63) is 42.5 Å². The van der Waals surface area contributed by atoms with E-state index in [4.69, 9.17) is 4.74 Å². The first-order valence-corrected chi connectivity index (χ1v) is 6.24. The van der Waals surface area contributed by atoms with Gasteiger partial charge in [0.15, 0.2) is 0 Å². The molecule has 0 bridgehead atoms. The number of esters is 1. The Morgan fingerprint density at radius 3 is 2.81 bits per heavy atom. The van der Waals surface area contributed by atoms with E-state index in [2.05, 4.69) is 15.0 Å². The Morgan fingerprint density at radius 2 is 2.10 bits per heavy atom. The average molecular weight is 290 g/mol. The molecule has 2 aromatic rings. The number of carbonyl (C=O) groups excluding carboxylic acids is 1. The van der Waals surface area contributed by atoms with E-state index in [1.807, 2.05) is 0 Å². The number of anilines is 1. The summed E-state index contributed by atoms with van der Waals surface area (Å²) in [5, 5.41) is 2.94. The zero-order valence-electron chi connectivity index (χ0n) is 11.7. The summed E-state index contributed by atoms with van der Waals surface area (Å²) in [5.41, 5.74) is 2.09. The van der Waals surface area contributed by atoms with E-state index in [0.29, 0.717) is 17.0 Å². The number of carbonyl (C=O) groups is 1. The second-order valence-corrected chi connectivity index (χ2v) is 4.20. The van der Waals surface area contributed by atoms with Crippen LogP contribution < -0.4 is 10.1 Å². The molecule has 0 aliphatic heterocycles. The first-order valence-electron chi connectivity index (χ1n) is 6.24.